The second kappa shape index (κ2) is 9.09. The van der Waals surface area contributed by atoms with E-state index in [-0.39, 0.29) is 23.9 Å². The topological polar surface area (TPSA) is 55.1 Å². The molecule has 0 aliphatic heterocycles. The average Bonchev–Trinajstić information content (AvgIpc) is 2.48. The number of carbonyl (C=O) groups excluding carboxylic acids is 1. The fourth-order valence-corrected chi connectivity index (χ4v) is 2.87. The Labute approximate surface area is 158 Å². The molecule has 0 spiro atoms. The van der Waals surface area contributed by atoms with E-state index in [4.69, 9.17) is 5.73 Å². The van der Waals surface area contributed by atoms with Crippen molar-refractivity contribution in [2.24, 2.45) is 0 Å². The zero-order valence-electron chi connectivity index (χ0n) is 14.0. The van der Waals surface area contributed by atoms with E-state index in [0.717, 1.165) is 22.1 Å². The third-order valence-electron chi connectivity index (χ3n) is 3.71. The molecule has 0 saturated carbocycles. The highest BCUT2D eigenvalue weighted by molar-refractivity contribution is 9.10. The highest BCUT2D eigenvalue weighted by atomic mass is 79.9. The Morgan fingerprint density at radius 2 is 1.75 bits per heavy atom. The molecule has 0 aliphatic carbocycles. The zero-order valence-corrected chi connectivity index (χ0v) is 16.4. The molecule has 0 radical (unpaired) electrons. The quantitative estimate of drug-likeness (QED) is 0.686. The van der Waals surface area contributed by atoms with Gasteiger partial charge in [-0.3, -0.25) is 4.79 Å². The number of hydrogen-bond donors (Lipinski definition) is 2. The lowest BCUT2D eigenvalue weighted by Crippen LogP contribution is -2.45. The molecule has 1 amide bonds. The van der Waals surface area contributed by atoms with Crippen LogP contribution in [0.5, 0.6) is 0 Å². The Balaban J connectivity index is 0.00000288. The normalized spacial score (nSPS) is 10.8. The van der Waals surface area contributed by atoms with Gasteiger partial charge >= 0.3 is 0 Å². The van der Waals surface area contributed by atoms with Crippen LogP contribution in [-0.2, 0) is 17.6 Å². The molecule has 2 aromatic rings. The van der Waals surface area contributed by atoms with Gasteiger partial charge in [0.15, 0.2) is 0 Å². The second-order valence-corrected chi connectivity index (χ2v) is 7.35. The Morgan fingerprint density at radius 3 is 2.38 bits per heavy atom. The number of rotatable bonds is 6. The van der Waals surface area contributed by atoms with Crippen LogP contribution in [0.1, 0.15) is 31.4 Å². The summed E-state index contributed by atoms with van der Waals surface area (Å²) in [5.41, 5.74) is 8.59. The first kappa shape index (κ1) is 20.5. The van der Waals surface area contributed by atoms with Crippen LogP contribution in [-0.4, -0.2) is 11.4 Å². The molecule has 5 heteroatoms. The molecule has 2 aromatic carbocycles. The number of hydrogen-bond acceptors (Lipinski definition) is 2. The number of nitrogens with two attached hydrogens (primary N) is 1. The standard InChI is InChI=1S/C19H23BrN2O.ClH/c1-19(2,13-14-7-10-16(20)11-8-14)22-18(23)12-9-15-5-3-4-6-17(15)21;/h3-8,10-11H,9,12-13,21H2,1-2H3,(H,22,23);1H. The van der Waals surface area contributed by atoms with Crippen LogP contribution >= 0.6 is 28.3 Å². The molecule has 3 nitrogen and oxygen atoms in total. The SMILES string of the molecule is CC(C)(Cc1ccc(Br)cc1)NC(=O)CCc1ccccc1N.Cl. The van der Waals surface area contributed by atoms with Crippen LogP contribution in [0.4, 0.5) is 5.69 Å². The lowest BCUT2D eigenvalue weighted by Gasteiger charge is -2.26. The van der Waals surface area contributed by atoms with Gasteiger partial charge in [0.2, 0.25) is 5.91 Å². The number of carbonyl (C=O) groups is 1. The minimum Gasteiger partial charge on any atom is -0.399 e. The Bertz CT molecular complexity index is 671. The van der Waals surface area contributed by atoms with Gasteiger partial charge in [0.1, 0.15) is 0 Å². The van der Waals surface area contributed by atoms with Gasteiger partial charge in [-0.2, -0.15) is 0 Å². The summed E-state index contributed by atoms with van der Waals surface area (Å²) >= 11 is 3.43. The fourth-order valence-electron chi connectivity index (χ4n) is 2.61. The first-order valence-corrected chi connectivity index (χ1v) is 8.54. The maximum absolute atomic E-state index is 12.2. The van der Waals surface area contributed by atoms with E-state index < -0.39 is 0 Å². The summed E-state index contributed by atoms with van der Waals surface area (Å²) in [5.74, 6) is 0.0513. The number of nitrogen functional groups attached to an aromatic ring is 1. The second-order valence-electron chi connectivity index (χ2n) is 6.43. The molecule has 24 heavy (non-hydrogen) atoms. The van der Waals surface area contributed by atoms with Crippen LogP contribution in [0.25, 0.3) is 0 Å². The first-order chi connectivity index (χ1) is 10.9. The average molecular weight is 412 g/mol. The van der Waals surface area contributed by atoms with Crippen LogP contribution in [0, 0.1) is 0 Å². The molecular weight excluding hydrogens is 388 g/mol. The van der Waals surface area contributed by atoms with Crippen LogP contribution in [0.2, 0.25) is 0 Å². The minimum atomic E-state index is -0.285. The van der Waals surface area contributed by atoms with Crippen LogP contribution in [0.15, 0.2) is 53.0 Å². The molecule has 0 unspecified atom stereocenters. The summed E-state index contributed by atoms with van der Waals surface area (Å²) in [6.45, 7) is 4.09. The predicted octanol–water partition coefficient (Wildman–Crippen LogP) is 4.52. The predicted molar refractivity (Wildman–Crippen MR) is 106 cm³/mol. The third-order valence-corrected chi connectivity index (χ3v) is 4.24. The van der Waals surface area contributed by atoms with E-state index in [9.17, 15) is 4.79 Å². The summed E-state index contributed by atoms with van der Waals surface area (Å²) < 4.78 is 1.06. The summed E-state index contributed by atoms with van der Waals surface area (Å²) in [6, 6.07) is 15.9. The lowest BCUT2D eigenvalue weighted by atomic mass is 9.94. The van der Waals surface area contributed by atoms with Crippen molar-refractivity contribution < 1.29 is 4.79 Å². The van der Waals surface area contributed by atoms with Crippen molar-refractivity contribution in [2.45, 2.75) is 38.6 Å². The highest BCUT2D eigenvalue weighted by Gasteiger charge is 2.20. The molecule has 2 rings (SSSR count). The Morgan fingerprint density at radius 1 is 1.12 bits per heavy atom. The Kier molecular flexibility index (Phi) is 7.77. The summed E-state index contributed by atoms with van der Waals surface area (Å²) in [7, 11) is 0. The van der Waals surface area contributed by atoms with Crippen molar-refractivity contribution in [3.63, 3.8) is 0 Å². The number of amides is 1. The van der Waals surface area contributed by atoms with Gasteiger partial charge in [0, 0.05) is 22.1 Å². The smallest absolute Gasteiger partial charge is 0.220 e. The van der Waals surface area contributed by atoms with Gasteiger partial charge in [0.25, 0.3) is 0 Å². The van der Waals surface area contributed by atoms with E-state index in [1.807, 2.05) is 50.2 Å². The van der Waals surface area contributed by atoms with E-state index in [0.29, 0.717) is 12.8 Å². The summed E-state index contributed by atoms with van der Waals surface area (Å²) in [6.07, 6.45) is 1.89. The zero-order chi connectivity index (χ0) is 16.9. The monoisotopic (exact) mass is 410 g/mol. The van der Waals surface area contributed by atoms with E-state index >= 15 is 0 Å². The van der Waals surface area contributed by atoms with Crippen molar-refractivity contribution in [2.75, 3.05) is 5.73 Å². The number of benzene rings is 2. The molecule has 0 atom stereocenters. The summed E-state index contributed by atoms with van der Waals surface area (Å²) in [5, 5.41) is 3.12. The maximum Gasteiger partial charge on any atom is 0.220 e. The van der Waals surface area contributed by atoms with E-state index in [1.165, 1.54) is 5.56 Å². The highest BCUT2D eigenvalue weighted by Crippen LogP contribution is 2.17. The molecule has 0 heterocycles. The number of aryl methyl sites for hydroxylation is 1. The largest absolute Gasteiger partial charge is 0.399 e. The third kappa shape index (κ3) is 6.54. The molecular formula is C19H24BrClN2O. The number of anilines is 1. The van der Waals surface area contributed by atoms with Gasteiger partial charge in [0.05, 0.1) is 0 Å². The van der Waals surface area contributed by atoms with Crippen molar-refractivity contribution >= 4 is 39.9 Å². The van der Waals surface area contributed by atoms with Gasteiger partial charge in [-0.25, -0.2) is 0 Å². The van der Waals surface area contributed by atoms with Gasteiger partial charge < -0.3 is 11.1 Å². The maximum atomic E-state index is 12.2. The lowest BCUT2D eigenvalue weighted by molar-refractivity contribution is -0.122. The van der Waals surface area contributed by atoms with Crippen molar-refractivity contribution in [3.05, 3.63) is 64.1 Å². The van der Waals surface area contributed by atoms with Crippen LogP contribution < -0.4 is 11.1 Å². The van der Waals surface area contributed by atoms with Crippen LogP contribution in [0.3, 0.4) is 0 Å². The van der Waals surface area contributed by atoms with Gasteiger partial charge in [-0.05, 0) is 56.0 Å². The summed E-state index contributed by atoms with van der Waals surface area (Å²) in [4.78, 5) is 12.2. The van der Waals surface area contributed by atoms with E-state index in [1.54, 1.807) is 0 Å². The minimum absolute atomic E-state index is 0. The molecule has 0 saturated heterocycles. The molecule has 0 aromatic heterocycles. The first-order valence-electron chi connectivity index (χ1n) is 7.74. The number of para-hydroxylation sites is 1. The van der Waals surface area contributed by atoms with E-state index in [2.05, 4.69) is 33.4 Å². The van der Waals surface area contributed by atoms with Gasteiger partial charge in [-0.1, -0.05) is 46.3 Å². The molecule has 0 bridgehead atoms. The Hall–Kier alpha value is -1.52. The van der Waals surface area contributed by atoms with Gasteiger partial charge in [-0.15, -0.1) is 12.4 Å². The number of halogens is 2. The van der Waals surface area contributed by atoms with Crippen molar-refractivity contribution in [3.8, 4) is 0 Å². The molecule has 0 fully saturated rings. The fraction of sp³-hybridized carbons (Fsp3) is 0.316. The van der Waals surface area contributed by atoms with Crippen molar-refractivity contribution in [1.82, 2.24) is 5.32 Å². The molecule has 130 valence electrons. The number of nitrogens with one attached hydrogen (secondary N) is 1. The van der Waals surface area contributed by atoms with Crippen molar-refractivity contribution in [1.29, 1.82) is 0 Å². The molecule has 0 aliphatic rings. The molecule has 3 N–H and O–H groups in total.